The number of para-hydroxylation sites is 1. The first kappa shape index (κ1) is 19.5. The molecule has 4 nitrogen and oxygen atoms in total. The molecule has 0 fully saturated rings. The molecule has 2 N–H and O–H groups in total. The van der Waals surface area contributed by atoms with E-state index in [-0.39, 0.29) is 17.2 Å². The van der Waals surface area contributed by atoms with Crippen molar-refractivity contribution in [1.29, 1.82) is 0 Å². The summed E-state index contributed by atoms with van der Waals surface area (Å²) >= 11 is 0. The maximum Gasteiger partial charge on any atom is 0.259 e. The highest BCUT2D eigenvalue weighted by molar-refractivity contribution is 6.06. The number of phenolic OH excluding ortho intramolecular Hbond substituents is 1. The zero-order valence-electron chi connectivity index (χ0n) is 16.2. The van der Waals surface area contributed by atoms with Crippen molar-refractivity contribution in [2.75, 3.05) is 5.32 Å². The summed E-state index contributed by atoms with van der Waals surface area (Å²) in [6.07, 6.45) is 1.08. The molecule has 0 aromatic heterocycles. The fourth-order valence-corrected chi connectivity index (χ4v) is 2.91. The molecule has 0 aliphatic carbocycles. The molecule has 3 aromatic carbocycles. The lowest BCUT2D eigenvalue weighted by molar-refractivity contribution is 0.102. The average Bonchev–Trinajstić information content (AvgIpc) is 2.68. The Morgan fingerprint density at radius 2 is 1.57 bits per heavy atom. The quantitative estimate of drug-likeness (QED) is 0.579. The molecule has 3 aromatic rings. The van der Waals surface area contributed by atoms with Crippen LogP contribution in [0, 0.1) is 5.92 Å². The standard InChI is InChI=1S/C24H25NO3/c1-17(2)15-18-7-9-19(10-8-18)16-28-21-13-11-20(12-14-21)25-24(27)22-5-3-4-6-23(22)26/h3-14,17,26H,15-16H2,1-2H3,(H,25,27). The van der Waals surface area contributed by atoms with Crippen LogP contribution in [0.4, 0.5) is 5.69 Å². The highest BCUT2D eigenvalue weighted by Gasteiger charge is 2.10. The SMILES string of the molecule is CC(C)Cc1ccc(COc2ccc(NC(=O)c3ccccc3O)cc2)cc1. The van der Waals surface area contributed by atoms with Gasteiger partial charge in [0.25, 0.3) is 5.91 Å². The van der Waals surface area contributed by atoms with Gasteiger partial charge in [0.1, 0.15) is 18.1 Å². The van der Waals surface area contributed by atoms with Gasteiger partial charge >= 0.3 is 0 Å². The Kier molecular flexibility index (Phi) is 6.33. The summed E-state index contributed by atoms with van der Waals surface area (Å²) in [5.74, 6) is 0.978. The Bertz CT molecular complexity index is 915. The van der Waals surface area contributed by atoms with Gasteiger partial charge in [-0.15, -0.1) is 0 Å². The van der Waals surface area contributed by atoms with Crippen LogP contribution < -0.4 is 10.1 Å². The van der Waals surface area contributed by atoms with Gasteiger partial charge in [-0.2, -0.15) is 0 Å². The van der Waals surface area contributed by atoms with E-state index in [1.807, 2.05) is 12.1 Å². The van der Waals surface area contributed by atoms with Crippen LogP contribution in [0.1, 0.15) is 35.3 Å². The lowest BCUT2D eigenvalue weighted by Crippen LogP contribution is -2.11. The number of carbonyl (C=O) groups excluding carboxylic acids is 1. The summed E-state index contributed by atoms with van der Waals surface area (Å²) < 4.78 is 5.82. The lowest BCUT2D eigenvalue weighted by atomic mass is 10.0. The van der Waals surface area contributed by atoms with Crippen LogP contribution in [0.2, 0.25) is 0 Å². The summed E-state index contributed by atoms with van der Waals surface area (Å²) in [7, 11) is 0. The second kappa shape index (κ2) is 9.09. The van der Waals surface area contributed by atoms with E-state index in [1.54, 1.807) is 30.3 Å². The topological polar surface area (TPSA) is 58.6 Å². The largest absolute Gasteiger partial charge is 0.507 e. The Labute approximate surface area is 165 Å². The van der Waals surface area contributed by atoms with Crippen LogP contribution in [0.15, 0.2) is 72.8 Å². The van der Waals surface area contributed by atoms with E-state index >= 15 is 0 Å². The number of ether oxygens (including phenoxy) is 1. The van der Waals surface area contributed by atoms with E-state index in [9.17, 15) is 9.90 Å². The summed E-state index contributed by atoms with van der Waals surface area (Å²) in [4.78, 5) is 12.2. The number of phenols is 1. The van der Waals surface area contributed by atoms with E-state index in [4.69, 9.17) is 4.74 Å². The van der Waals surface area contributed by atoms with Crippen LogP contribution in [-0.4, -0.2) is 11.0 Å². The summed E-state index contributed by atoms with van der Waals surface area (Å²) in [5.41, 5.74) is 3.33. The summed E-state index contributed by atoms with van der Waals surface area (Å²) in [6, 6.07) is 22.1. The molecular formula is C24H25NO3. The number of hydrogen-bond donors (Lipinski definition) is 2. The minimum absolute atomic E-state index is 0.0423. The summed E-state index contributed by atoms with van der Waals surface area (Å²) in [6.45, 7) is 4.92. The molecular weight excluding hydrogens is 350 g/mol. The van der Waals surface area contributed by atoms with E-state index in [0.717, 1.165) is 17.7 Å². The van der Waals surface area contributed by atoms with Gasteiger partial charge in [0.15, 0.2) is 0 Å². The van der Waals surface area contributed by atoms with Gasteiger partial charge in [-0.05, 0) is 59.9 Å². The first-order chi connectivity index (χ1) is 13.5. The number of aromatic hydroxyl groups is 1. The number of anilines is 1. The molecule has 0 unspecified atom stereocenters. The number of rotatable bonds is 7. The molecule has 0 bridgehead atoms. The Balaban J connectivity index is 1.54. The van der Waals surface area contributed by atoms with Crippen LogP contribution in [0.25, 0.3) is 0 Å². The van der Waals surface area contributed by atoms with Crippen molar-refractivity contribution < 1.29 is 14.6 Å². The molecule has 0 radical (unpaired) electrons. The zero-order chi connectivity index (χ0) is 19.9. The molecule has 28 heavy (non-hydrogen) atoms. The Hall–Kier alpha value is -3.27. The highest BCUT2D eigenvalue weighted by Crippen LogP contribution is 2.20. The van der Waals surface area contributed by atoms with Crippen LogP contribution in [-0.2, 0) is 13.0 Å². The maximum absolute atomic E-state index is 12.2. The molecule has 4 heteroatoms. The van der Waals surface area contributed by atoms with E-state index < -0.39 is 0 Å². The maximum atomic E-state index is 12.2. The third kappa shape index (κ3) is 5.36. The molecule has 0 spiro atoms. The molecule has 0 atom stereocenters. The second-order valence-corrected chi connectivity index (χ2v) is 7.20. The molecule has 0 aliphatic rings. The van der Waals surface area contributed by atoms with Crippen LogP contribution in [0.3, 0.4) is 0 Å². The number of amides is 1. The number of nitrogens with one attached hydrogen (secondary N) is 1. The van der Waals surface area contributed by atoms with Crippen molar-refractivity contribution in [3.8, 4) is 11.5 Å². The lowest BCUT2D eigenvalue weighted by Gasteiger charge is -2.10. The van der Waals surface area contributed by atoms with Crippen molar-refractivity contribution in [3.05, 3.63) is 89.5 Å². The molecule has 0 saturated heterocycles. The molecule has 1 amide bonds. The minimum atomic E-state index is -0.353. The zero-order valence-corrected chi connectivity index (χ0v) is 16.2. The van der Waals surface area contributed by atoms with Gasteiger partial charge in [-0.25, -0.2) is 0 Å². The molecule has 0 saturated carbocycles. The van der Waals surface area contributed by atoms with E-state index in [2.05, 4.69) is 43.4 Å². The van der Waals surface area contributed by atoms with Gasteiger partial charge < -0.3 is 15.2 Å². The molecule has 144 valence electrons. The first-order valence-corrected chi connectivity index (χ1v) is 9.41. The fourth-order valence-electron chi connectivity index (χ4n) is 2.91. The van der Waals surface area contributed by atoms with Crippen LogP contribution >= 0.6 is 0 Å². The van der Waals surface area contributed by atoms with Crippen molar-refractivity contribution in [2.45, 2.75) is 26.9 Å². The smallest absolute Gasteiger partial charge is 0.259 e. The summed E-state index contributed by atoms with van der Waals surface area (Å²) in [5, 5.41) is 12.5. The fraction of sp³-hybridized carbons (Fsp3) is 0.208. The van der Waals surface area contributed by atoms with Gasteiger partial charge in [0.05, 0.1) is 5.56 Å². The van der Waals surface area contributed by atoms with Gasteiger partial charge in [-0.3, -0.25) is 4.79 Å². The van der Waals surface area contributed by atoms with Crippen molar-refractivity contribution in [2.24, 2.45) is 5.92 Å². The number of carbonyl (C=O) groups is 1. The minimum Gasteiger partial charge on any atom is -0.507 e. The predicted octanol–water partition coefficient (Wildman–Crippen LogP) is 5.42. The van der Waals surface area contributed by atoms with Crippen molar-refractivity contribution >= 4 is 11.6 Å². The molecule has 3 rings (SSSR count). The Morgan fingerprint density at radius 3 is 2.21 bits per heavy atom. The molecule has 0 aliphatic heterocycles. The molecule has 0 heterocycles. The first-order valence-electron chi connectivity index (χ1n) is 9.41. The number of benzene rings is 3. The predicted molar refractivity (Wildman–Crippen MR) is 112 cm³/mol. The van der Waals surface area contributed by atoms with Crippen molar-refractivity contribution in [3.63, 3.8) is 0 Å². The third-order valence-electron chi connectivity index (χ3n) is 4.33. The average molecular weight is 375 g/mol. The monoisotopic (exact) mass is 375 g/mol. The van der Waals surface area contributed by atoms with E-state index in [1.165, 1.54) is 11.6 Å². The van der Waals surface area contributed by atoms with Crippen LogP contribution in [0.5, 0.6) is 11.5 Å². The Morgan fingerprint density at radius 1 is 0.929 bits per heavy atom. The highest BCUT2D eigenvalue weighted by atomic mass is 16.5. The third-order valence-corrected chi connectivity index (χ3v) is 4.33. The normalized spacial score (nSPS) is 10.7. The van der Waals surface area contributed by atoms with Gasteiger partial charge in [0, 0.05) is 5.69 Å². The second-order valence-electron chi connectivity index (χ2n) is 7.20. The number of hydrogen-bond acceptors (Lipinski definition) is 3. The van der Waals surface area contributed by atoms with Crippen molar-refractivity contribution in [1.82, 2.24) is 0 Å². The van der Waals surface area contributed by atoms with Gasteiger partial charge in [0.2, 0.25) is 0 Å². The van der Waals surface area contributed by atoms with E-state index in [0.29, 0.717) is 18.2 Å². The van der Waals surface area contributed by atoms with Gasteiger partial charge in [-0.1, -0.05) is 50.2 Å².